The number of methoxy groups -OCH3 is 1. The molecule has 0 radical (unpaired) electrons. The van der Waals surface area contributed by atoms with Gasteiger partial charge < -0.3 is 19.9 Å². The third-order valence-corrected chi connectivity index (χ3v) is 5.71. The average molecular weight is 491 g/mol. The number of thioether (sulfide) groups is 1. The highest BCUT2D eigenvalue weighted by molar-refractivity contribution is 9.10. The molecule has 0 bridgehead atoms. The number of hydrogen-bond donors (Lipinski definition) is 2. The molecule has 0 aliphatic carbocycles. The fourth-order valence-electron chi connectivity index (χ4n) is 2.62. The maximum absolute atomic E-state index is 12.3. The van der Waals surface area contributed by atoms with Crippen molar-refractivity contribution >= 4 is 56.5 Å². The zero-order chi connectivity index (χ0) is 21.7. The molecule has 2 aromatic carbocycles. The van der Waals surface area contributed by atoms with Gasteiger partial charge in [-0.05, 0) is 70.0 Å². The SMILES string of the molecule is CCC(Oc1ccc(/C=C2/SC(=Nc3ccccc3Br)NC2=O)cc1OC)C(=O)O. The van der Waals surface area contributed by atoms with E-state index in [1.807, 2.05) is 24.3 Å². The maximum atomic E-state index is 12.3. The minimum absolute atomic E-state index is 0.248. The number of para-hydroxylation sites is 1. The van der Waals surface area contributed by atoms with Crippen LogP contribution in [0, 0.1) is 0 Å². The molecule has 1 amide bonds. The van der Waals surface area contributed by atoms with Crippen molar-refractivity contribution in [2.75, 3.05) is 7.11 Å². The summed E-state index contributed by atoms with van der Waals surface area (Å²) in [6.45, 7) is 1.73. The molecular weight excluding hydrogens is 472 g/mol. The largest absolute Gasteiger partial charge is 0.493 e. The third kappa shape index (κ3) is 5.22. The van der Waals surface area contributed by atoms with Crippen LogP contribution in [-0.2, 0) is 9.59 Å². The van der Waals surface area contributed by atoms with E-state index in [2.05, 4.69) is 26.2 Å². The maximum Gasteiger partial charge on any atom is 0.344 e. The van der Waals surface area contributed by atoms with Crippen molar-refractivity contribution in [3.8, 4) is 11.5 Å². The number of nitrogens with zero attached hydrogens (tertiary/aromatic N) is 1. The molecule has 2 aromatic rings. The second-order valence-corrected chi connectivity index (χ2v) is 8.08. The Bertz CT molecular complexity index is 1040. The summed E-state index contributed by atoms with van der Waals surface area (Å²) in [6.07, 6.45) is 1.07. The number of amides is 1. The van der Waals surface area contributed by atoms with Crippen molar-refractivity contribution in [2.24, 2.45) is 4.99 Å². The Morgan fingerprint density at radius 2 is 2.07 bits per heavy atom. The smallest absolute Gasteiger partial charge is 0.344 e. The molecule has 7 nitrogen and oxygen atoms in total. The topological polar surface area (TPSA) is 97.2 Å². The molecule has 1 aliphatic rings. The number of amidine groups is 1. The number of rotatable bonds is 7. The van der Waals surface area contributed by atoms with Crippen LogP contribution in [0.25, 0.3) is 6.08 Å². The van der Waals surface area contributed by atoms with Gasteiger partial charge in [-0.15, -0.1) is 0 Å². The van der Waals surface area contributed by atoms with Crippen LogP contribution in [0.15, 0.2) is 56.8 Å². The number of ether oxygens (including phenoxy) is 2. The molecule has 1 saturated heterocycles. The monoisotopic (exact) mass is 490 g/mol. The molecule has 1 heterocycles. The van der Waals surface area contributed by atoms with Gasteiger partial charge in [-0.1, -0.05) is 25.1 Å². The molecule has 1 aliphatic heterocycles. The van der Waals surface area contributed by atoms with Crippen LogP contribution < -0.4 is 14.8 Å². The summed E-state index contributed by atoms with van der Waals surface area (Å²) in [6, 6.07) is 12.5. The van der Waals surface area contributed by atoms with Gasteiger partial charge in [0.05, 0.1) is 17.7 Å². The van der Waals surface area contributed by atoms with Gasteiger partial charge in [0.2, 0.25) is 0 Å². The second-order valence-electron chi connectivity index (χ2n) is 6.20. The first kappa shape index (κ1) is 21.9. The Morgan fingerprint density at radius 1 is 1.30 bits per heavy atom. The highest BCUT2D eigenvalue weighted by atomic mass is 79.9. The number of carboxylic acid groups (broad SMARTS) is 1. The van der Waals surface area contributed by atoms with Gasteiger partial charge in [0.1, 0.15) is 0 Å². The van der Waals surface area contributed by atoms with Crippen molar-refractivity contribution < 1.29 is 24.2 Å². The Kier molecular flexibility index (Phi) is 7.17. The molecule has 0 aromatic heterocycles. The summed E-state index contributed by atoms with van der Waals surface area (Å²) in [5.41, 5.74) is 1.43. The van der Waals surface area contributed by atoms with Crippen molar-refractivity contribution in [2.45, 2.75) is 19.4 Å². The number of halogens is 1. The van der Waals surface area contributed by atoms with E-state index in [9.17, 15) is 14.7 Å². The van der Waals surface area contributed by atoms with Crippen LogP contribution in [-0.4, -0.2) is 35.4 Å². The molecule has 3 rings (SSSR count). The Labute approximate surface area is 186 Å². The van der Waals surface area contributed by atoms with Crippen LogP contribution in [0.3, 0.4) is 0 Å². The zero-order valence-corrected chi connectivity index (χ0v) is 18.6. The number of aliphatic imine (C=N–C) groups is 1. The highest BCUT2D eigenvalue weighted by Crippen LogP contribution is 2.34. The number of nitrogens with one attached hydrogen (secondary N) is 1. The molecule has 1 atom stereocenters. The average Bonchev–Trinajstić information content (AvgIpc) is 3.07. The van der Waals surface area contributed by atoms with E-state index in [1.54, 1.807) is 31.2 Å². The fourth-order valence-corrected chi connectivity index (χ4v) is 3.82. The van der Waals surface area contributed by atoms with Gasteiger partial charge in [-0.2, -0.15) is 0 Å². The van der Waals surface area contributed by atoms with Crippen LogP contribution in [0.5, 0.6) is 11.5 Å². The Balaban J connectivity index is 1.82. The minimum Gasteiger partial charge on any atom is -0.493 e. The molecule has 30 heavy (non-hydrogen) atoms. The lowest BCUT2D eigenvalue weighted by Gasteiger charge is -2.16. The summed E-state index contributed by atoms with van der Waals surface area (Å²) in [5, 5.41) is 12.4. The zero-order valence-electron chi connectivity index (χ0n) is 16.2. The molecule has 2 N–H and O–H groups in total. The van der Waals surface area contributed by atoms with E-state index in [-0.39, 0.29) is 5.91 Å². The van der Waals surface area contributed by atoms with Gasteiger partial charge in [-0.25, -0.2) is 9.79 Å². The summed E-state index contributed by atoms with van der Waals surface area (Å²) < 4.78 is 11.7. The normalized spacial score (nSPS) is 17.1. The van der Waals surface area contributed by atoms with Gasteiger partial charge in [0, 0.05) is 4.47 Å². The lowest BCUT2D eigenvalue weighted by atomic mass is 10.1. The van der Waals surface area contributed by atoms with Crippen LogP contribution in [0.1, 0.15) is 18.9 Å². The van der Waals surface area contributed by atoms with E-state index in [0.717, 1.165) is 4.47 Å². The van der Waals surface area contributed by atoms with Gasteiger partial charge >= 0.3 is 5.97 Å². The van der Waals surface area contributed by atoms with E-state index < -0.39 is 12.1 Å². The quantitative estimate of drug-likeness (QED) is 0.550. The predicted octanol–water partition coefficient (Wildman–Crippen LogP) is 4.59. The molecular formula is C21H19BrN2O5S. The number of carbonyl (C=O) groups excluding carboxylic acids is 1. The number of carboxylic acids is 1. The molecule has 0 spiro atoms. The van der Waals surface area contributed by atoms with Gasteiger partial charge in [-0.3, -0.25) is 4.79 Å². The van der Waals surface area contributed by atoms with Gasteiger partial charge in [0.15, 0.2) is 22.8 Å². The minimum atomic E-state index is -1.04. The molecule has 0 saturated carbocycles. The number of carbonyl (C=O) groups is 2. The summed E-state index contributed by atoms with van der Waals surface area (Å²) in [7, 11) is 1.47. The van der Waals surface area contributed by atoms with Crippen LogP contribution in [0.2, 0.25) is 0 Å². The standard InChI is InChI=1S/C21H19BrN2O5S/c1-3-15(20(26)27)29-16-9-8-12(10-17(16)28-2)11-18-19(25)24-21(30-18)23-14-7-5-4-6-13(14)22/h4-11,15H,3H2,1-2H3,(H,26,27)(H,23,24,25)/b18-11+. The van der Waals surface area contributed by atoms with Crippen molar-refractivity contribution in [1.29, 1.82) is 0 Å². The lowest BCUT2D eigenvalue weighted by molar-refractivity contribution is -0.145. The van der Waals surface area contributed by atoms with E-state index >= 15 is 0 Å². The molecule has 1 fully saturated rings. The molecule has 1 unspecified atom stereocenters. The second kappa shape index (κ2) is 9.82. The summed E-state index contributed by atoms with van der Waals surface area (Å²) in [5.74, 6) is -0.577. The van der Waals surface area contributed by atoms with Crippen molar-refractivity contribution in [3.63, 3.8) is 0 Å². The molecule has 9 heteroatoms. The Morgan fingerprint density at radius 3 is 2.73 bits per heavy atom. The van der Waals surface area contributed by atoms with Crippen molar-refractivity contribution in [1.82, 2.24) is 5.32 Å². The number of hydrogen-bond acceptors (Lipinski definition) is 6. The van der Waals surface area contributed by atoms with Crippen molar-refractivity contribution in [3.05, 3.63) is 57.4 Å². The fraction of sp³-hybridized carbons (Fsp3) is 0.190. The van der Waals surface area contributed by atoms with Gasteiger partial charge in [0.25, 0.3) is 5.91 Å². The molecule has 156 valence electrons. The highest BCUT2D eigenvalue weighted by Gasteiger charge is 2.24. The first-order valence-corrected chi connectivity index (χ1v) is 10.6. The first-order chi connectivity index (χ1) is 14.4. The lowest BCUT2D eigenvalue weighted by Crippen LogP contribution is -2.26. The summed E-state index contributed by atoms with van der Waals surface area (Å²) >= 11 is 4.67. The Hall–Kier alpha value is -2.78. The first-order valence-electron chi connectivity index (χ1n) is 9.03. The van der Waals surface area contributed by atoms with E-state index in [0.29, 0.717) is 39.2 Å². The summed E-state index contributed by atoms with van der Waals surface area (Å²) in [4.78, 5) is 28.5. The van der Waals surface area contributed by atoms with E-state index in [1.165, 1.54) is 18.9 Å². The van der Waals surface area contributed by atoms with E-state index in [4.69, 9.17) is 9.47 Å². The number of aliphatic carboxylic acids is 1. The van der Waals surface area contributed by atoms with Crippen LogP contribution >= 0.6 is 27.7 Å². The third-order valence-electron chi connectivity index (χ3n) is 4.13. The number of benzene rings is 2. The van der Waals surface area contributed by atoms with Crippen LogP contribution in [0.4, 0.5) is 5.69 Å². The predicted molar refractivity (Wildman–Crippen MR) is 120 cm³/mol.